The highest BCUT2D eigenvalue weighted by molar-refractivity contribution is 5.81. The van der Waals surface area contributed by atoms with E-state index in [0.717, 1.165) is 18.6 Å². The summed E-state index contributed by atoms with van der Waals surface area (Å²) in [4.78, 5) is 12.0. The monoisotopic (exact) mass is 260 g/mol. The topological polar surface area (TPSA) is 26.3 Å². The van der Waals surface area contributed by atoms with Gasteiger partial charge in [-0.05, 0) is 49.9 Å². The number of hydrogen-bond donors (Lipinski definition) is 0. The van der Waals surface area contributed by atoms with E-state index in [4.69, 9.17) is 4.74 Å². The second-order valence-corrected chi connectivity index (χ2v) is 5.72. The summed E-state index contributed by atoms with van der Waals surface area (Å²) in [7, 11) is 0. The van der Waals surface area contributed by atoms with Crippen LogP contribution in [0.15, 0.2) is 18.2 Å². The number of carbonyl (C=O) groups excluding carboxylic acids is 1. The van der Waals surface area contributed by atoms with Crippen molar-refractivity contribution in [1.29, 1.82) is 0 Å². The Labute approximate surface area is 116 Å². The Kier molecular flexibility index (Phi) is 5.00. The lowest BCUT2D eigenvalue weighted by molar-refractivity contribution is -0.124. The number of carbonyl (C=O) groups is 1. The largest absolute Gasteiger partial charge is 0.493 e. The molecular weight excluding hydrogens is 236 g/mol. The van der Waals surface area contributed by atoms with E-state index in [0.29, 0.717) is 24.7 Å². The second-order valence-electron chi connectivity index (χ2n) is 5.72. The lowest BCUT2D eigenvalue weighted by Gasteiger charge is -2.20. The van der Waals surface area contributed by atoms with Crippen LogP contribution in [0.4, 0.5) is 0 Å². The molecule has 0 amide bonds. The molecule has 1 aromatic rings. The molecule has 104 valence electrons. The first-order valence-electron chi connectivity index (χ1n) is 7.39. The van der Waals surface area contributed by atoms with Gasteiger partial charge in [-0.1, -0.05) is 25.3 Å². The van der Waals surface area contributed by atoms with E-state index in [2.05, 4.69) is 19.9 Å². The Morgan fingerprint density at radius 2 is 1.74 bits per heavy atom. The van der Waals surface area contributed by atoms with Crippen LogP contribution in [0.3, 0.4) is 0 Å². The average Bonchev–Trinajstić information content (AvgIpc) is 2.38. The SMILES string of the molecule is Cc1cc(C)cc(OCCC(=O)C2CCCCC2)c1. The third-order valence-electron chi connectivity index (χ3n) is 3.87. The molecule has 19 heavy (non-hydrogen) atoms. The van der Waals surface area contributed by atoms with Crippen LogP contribution in [0.25, 0.3) is 0 Å². The first kappa shape index (κ1) is 14.1. The molecule has 1 aromatic carbocycles. The Hall–Kier alpha value is -1.31. The Morgan fingerprint density at radius 3 is 2.37 bits per heavy atom. The first-order valence-corrected chi connectivity index (χ1v) is 7.39. The molecule has 0 heterocycles. The van der Waals surface area contributed by atoms with E-state index in [-0.39, 0.29) is 0 Å². The van der Waals surface area contributed by atoms with Gasteiger partial charge in [0.1, 0.15) is 11.5 Å². The summed E-state index contributed by atoms with van der Waals surface area (Å²) >= 11 is 0. The number of hydrogen-bond acceptors (Lipinski definition) is 2. The Bertz CT molecular complexity index is 411. The van der Waals surface area contributed by atoms with E-state index in [1.54, 1.807) is 0 Å². The minimum atomic E-state index is 0.302. The van der Waals surface area contributed by atoms with Gasteiger partial charge >= 0.3 is 0 Å². The van der Waals surface area contributed by atoms with Crippen LogP contribution in [-0.2, 0) is 4.79 Å². The summed E-state index contributed by atoms with van der Waals surface area (Å²) in [6, 6.07) is 6.18. The van der Waals surface area contributed by atoms with E-state index >= 15 is 0 Å². The highest BCUT2D eigenvalue weighted by Gasteiger charge is 2.20. The molecule has 1 saturated carbocycles. The van der Waals surface area contributed by atoms with Crippen molar-refractivity contribution in [2.75, 3.05) is 6.61 Å². The summed E-state index contributed by atoms with van der Waals surface area (Å²) in [6.45, 7) is 4.64. The third kappa shape index (κ3) is 4.38. The summed E-state index contributed by atoms with van der Waals surface area (Å²) in [5.41, 5.74) is 2.40. The number of benzene rings is 1. The van der Waals surface area contributed by atoms with Gasteiger partial charge in [-0.15, -0.1) is 0 Å². The second kappa shape index (κ2) is 6.74. The van der Waals surface area contributed by atoms with Gasteiger partial charge in [-0.3, -0.25) is 4.79 Å². The summed E-state index contributed by atoms with van der Waals surface area (Å²) in [5, 5.41) is 0. The molecule has 0 bridgehead atoms. The van der Waals surface area contributed by atoms with E-state index in [1.807, 2.05) is 12.1 Å². The van der Waals surface area contributed by atoms with Gasteiger partial charge in [0.05, 0.1) is 6.61 Å². The van der Waals surface area contributed by atoms with Crippen molar-refractivity contribution in [2.45, 2.75) is 52.4 Å². The van der Waals surface area contributed by atoms with E-state index in [1.165, 1.54) is 30.4 Å². The number of rotatable bonds is 5. The average molecular weight is 260 g/mol. The smallest absolute Gasteiger partial charge is 0.139 e. The third-order valence-corrected chi connectivity index (χ3v) is 3.87. The van der Waals surface area contributed by atoms with Gasteiger partial charge < -0.3 is 4.74 Å². The van der Waals surface area contributed by atoms with Crippen molar-refractivity contribution in [3.63, 3.8) is 0 Å². The molecule has 2 heteroatoms. The zero-order chi connectivity index (χ0) is 13.7. The lowest BCUT2D eigenvalue weighted by atomic mass is 9.85. The molecule has 0 aromatic heterocycles. The minimum absolute atomic E-state index is 0.302. The molecule has 2 nitrogen and oxygen atoms in total. The van der Waals surface area contributed by atoms with Crippen LogP contribution < -0.4 is 4.74 Å². The van der Waals surface area contributed by atoms with Crippen molar-refractivity contribution >= 4 is 5.78 Å². The van der Waals surface area contributed by atoms with Crippen LogP contribution in [-0.4, -0.2) is 12.4 Å². The molecule has 0 atom stereocenters. The van der Waals surface area contributed by atoms with Gasteiger partial charge in [0.25, 0.3) is 0 Å². The molecular formula is C17H24O2. The molecule has 0 unspecified atom stereocenters. The molecule has 2 rings (SSSR count). The van der Waals surface area contributed by atoms with Gasteiger partial charge in [-0.25, -0.2) is 0 Å². The summed E-state index contributed by atoms with van der Waals surface area (Å²) < 4.78 is 5.71. The van der Waals surface area contributed by atoms with Crippen molar-refractivity contribution < 1.29 is 9.53 Å². The van der Waals surface area contributed by atoms with Crippen molar-refractivity contribution in [1.82, 2.24) is 0 Å². The Balaban J connectivity index is 1.77. The van der Waals surface area contributed by atoms with E-state index in [9.17, 15) is 4.79 Å². The van der Waals surface area contributed by atoms with Crippen LogP contribution in [0.1, 0.15) is 49.7 Å². The fraction of sp³-hybridized carbons (Fsp3) is 0.588. The molecule has 1 fully saturated rings. The standard InChI is InChI=1S/C17H24O2/c1-13-10-14(2)12-16(11-13)19-9-8-17(18)15-6-4-3-5-7-15/h10-12,15H,3-9H2,1-2H3. The van der Waals surface area contributed by atoms with Gasteiger partial charge in [-0.2, -0.15) is 0 Å². The maximum Gasteiger partial charge on any atom is 0.139 e. The molecule has 1 aliphatic carbocycles. The van der Waals surface area contributed by atoms with Crippen molar-refractivity contribution in [3.8, 4) is 5.75 Å². The minimum Gasteiger partial charge on any atom is -0.493 e. The molecule has 0 N–H and O–H groups in total. The van der Waals surface area contributed by atoms with Crippen LogP contribution >= 0.6 is 0 Å². The van der Waals surface area contributed by atoms with Gasteiger partial charge in [0.2, 0.25) is 0 Å². The van der Waals surface area contributed by atoms with Crippen LogP contribution in [0, 0.1) is 19.8 Å². The maximum atomic E-state index is 12.0. The van der Waals surface area contributed by atoms with Crippen LogP contribution in [0.2, 0.25) is 0 Å². The number of aryl methyl sites for hydroxylation is 2. The Morgan fingerprint density at radius 1 is 1.11 bits per heavy atom. The van der Waals surface area contributed by atoms with E-state index < -0.39 is 0 Å². The maximum absolute atomic E-state index is 12.0. The van der Waals surface area contributed by atoms with Crippen molar-refractivity contribution in [3.05, 3.63) is 29.3 Å². The zero-order valence-electron chi connectivity index (χ0n) is 12.1. The van der Waals surface area contributed by atoms with Gasteiger partial charge in [0, 0.05) is 12.3 Å². The fourth-order valence-electron chi connectivity index (χ4n) is 2.91. The highest BCUT2D eigenvalue weighted by Crippen LogP contribution is 2.25. The fourth-order valence-corrected chi connectivity index (χ4v) is 2.91. The first-order chi connectivity index (χ1) is 9.15. The van der Waals surface area contributed by atoms with Crippen molar-refractivity contribution in [2.24, 2.45) is 5.92 Å². The van der Waals surface area contributed by atoms with Gasteiger partial charge in [0.15, 0.2) is 0 Å². The number of Topliss-reactive ketones (excluding diaryl/α,β-unsaturated/α-hetero) is 1. The molecule has 0 saturated heterocycles. The normalized spacial score (nSPS) is 16.3. The summed E-state index contributed by atoms with van der Waals surface area (Å²) in [6.07, 6.45) is 6.45. The predicted molar refractivity (Wildman–Crippen MR) is 77.6 cm³/mol. The van der Waals surface area contributed by atoms with Crippen LogP contribution in [0.5, 0.6) is 5.75 Å². The quantitative estimate of drug-likeness (QED) is 0.792. The molecule has 1 aliphatic rings. The molecule has 0 spiro atoms. The zero-order valence-corrected chi connectivity index (χ0v) is 12.1. The number of ether oxygens (including phenoxy) is 1. The predicted octanol–water partition coefficient (Wildman–Crippen LogP) is 4.22. The highest BCUT2D eigenvalue weighted by atomic mass is 16.5. The number of ketones is 1. The molecule has 0 radical (unpaired) electrons. The summed E-state index contributed by atoms with van der Waals surface area (Å²) in [5.74, 6) is 1.58. The molecule has 0 aliphatic heterocycles. The lowest BCUT2D eigenvalue weighted by Crippen LogP contribution is -2.19.